The van der Waals surface area contributed by atoms with Gasteiger partial charge in [0.1, 0.15) is 25.4 Å². The number of nitrogens with zero attached hydrogens (tertiary/aromatic N) is 6. The predicted molar refractivity (Wildman–Crippen MR) is 152 cm³/mol. The van der Waals surface area contributed by atoms with Gasteiger partial charge < -0.3 is 18.8 Å². The summed E-state index contributed by atoms with van der Waals surface area (Å²) in [5.41, 5.74) is 1.37. The highest BCUT2D eigenvalue weighted by Gasteiger charge is 2.33. The number of ether oxygens (including phenoxy) is 3. The Balaban J connectivity index is 2.18. The summed E-state index contributed by atoms with van der Waals surface area (Å²) in [5.74, 6) is -3.93. The number of nitrogens with one attached hydrogen (secondary N) is 1. The molecule has 238 valence electrons. The Bertz CT molecular complexity index is 1770. The maximum atomic E-state index is 14.1. The van der Waals surface area contributed by atoms with E-state index in [4.69, 9.17) is 14.2 Å². The van der Waals surface area contributed by atoms with Crippen molar-refractivity contribution in [3.63, 3.8) is 0 Å². The molecule has 0 radical (unpaired) electrons. The van der Waals surface area contributed by atoms with Crippen LogP contribution in [0.25, 0.3) is 22.6 Å². The molecule has 1 N–H and O–H groups in total. The number of carbonyl (C=O) groups excluding carboxylic acids is 4. The van der Waals surface area contributed by atoms with Gasteiger partial charge in [-0.05, 0) is 47.5 Å². The van der Waals surface area contributed by atoms with Crippen LogP contribution in [0.1, 0.15) is 38.8 Å². The van der Waals surface area contributed by atoms with Gasteiger partial charge in [0, 0.05) is 26.7 Å². The van der Waals surface area contributed by atoms with Crippen LogP contribution in [0, 0.1) is 19.8 Å². The van der Waals surface area contributed by atoms with Crippen LogP contribution in [0.5, 0.6) is 0 Å². The second-order valence-electron chi connectivity index (χ2n) is 10.2. The van der Waals surface area contributed by atoms with Gasteiger partial charge in [-0.15, -0.1) is 5.10 Å². The van der Waals surface area contributed by atoms with Crippen LogP contribution < -0.4 is 10.3 Å². The lowest BCUT2D eigenvalue weighted by Gasteiger charge is -2.30. The van der Waals surface area contributed by atoms with Crippen molar-refractivity contribution in [1.82, 2.24) is 34.5 Å². The lowest BCUT2D eigenvalue weighted by atomic mass is 9.97. The number of esters is 3. The number of fused-ring (bicyclic) bond motifs is 1. The minimum Gasteiger partial charge on any atom is -0.462 e. The number of rotatable bonds is 12. The predicted octanol–water partition coefficient (Wildman–Crippen LogP) is -0.195. The molecule has 0 bridgehead atoms. The third-order valence-corrected chi connectivity index (χ3v) is 7.12. The van der Waals surface area contributed by atoms with Gasteiger partial charge in [-0.1, -0.05) is 6.92 Å². The molecule has 17 nitrogen and oxygen atoms in total. The molecular weight excluding hydrogens is 602 g/mol. The van der Waals surface area contributed by atoms with Gasteiger partial charge in [-0.25, -0.2) is 18.1 Å². The highest BCUT2D eigenvalue weighted by molar-refractivity contribution is 7.89. The van der Waals surface area contributed by atoms with Crippen LogP contribution in [0.4, 0.5) is 0 Å². The fourth-order valence-corrected chi connectivity index (χ4v) is 4.81. The Kier molecular flexibility index (Phi) is 10.5. The number of carbonyl (C=O) groups is 4. The number of tetrazole rings is 1. The lowest BCUT2D eigenvalue weighted by Crippen LogP contribution is -2.42. The molecule has 0 aliphatic heterocycles. The van der Waals surface area contributed by atoms with Crippen LogP contribution in [0.2, 0.25) is 0 Å². The summed E-state index contributed by atoms with van der Waals surface area (Å²) < 4.78 is 43.0. The molecule has 44 heavy (non-hydrogen) atoms. The standard InChI is InChI=1S/C26H33N7O10S/c1-13-8-19-20(9-14(13)2)32(10-21(42-17(5)35)15(3)22(43-18(6)36)12-41-16(4)34)26(38)24(27-19)25-28-30-31-33(25)11-23(37)29-44(7,39)40/h8-9,15,21-22H,10-12H2,1-7H3,(H,29,37)/t15-,21-,22+/m0/s1. The first-order valence-electron chi connectivity index (χ1n) is 13.2. The van der Waals surface area contributed by atoms with E-state index in [9.17, 15) is 32.4 Å². The van der Waals surface area contributed by atoms with Crippen LogP contribution >= 0.6 is 0 Å². The molecule has 2 aromatic heterocycles. The van der Waals surface area contributed by atoms with E-state index in [1.165, 1.54) is 25.3 Å². The number of aryl methyl sites for hydroxylation is 2. The SMILES string of the molecule is CC(=O)OC[C@@H](OC(C)=O)[C@@H](C)[C@H](Cn1c(=O)c(-c2nnnn2CC(=O)NS(C)(=O)=O)nc2cc(C)c(C)cc21)OC(C)=O. The maximum Gasteiger partial charge on any atom is 0.303 e. The Morgan fingerprint density at radius 1 is 0.977 bits per heavy atom. The van der Waals surface area contributed by atoms with E-state index in [2.05, 4.69) is 20.5 Å². The number of sulfonamides is 1. The zero-order valence-electron chi connectivity index (χ0n) is 25.2. The van der Waals surface area contributed by atoms with E-state index in [-0.39, 0.29) is 24.7 Å². The van der Waals surface area contributed by atoms with Gasteiger partial charge in [0.05, 0.1) is 23.8 Å². The van der Waals surface area contributed by atoms with Crippen molar-refractivity contribution >= 4 is 44.9 Å². The van der Waals surface area contributed by atoms with Crippen LogP contribution in [-0.2, 0) is 56.5 Å². The number of hydrogen-bond donors (Lipinski definition) is 1. The average molecular weight is 636 g/mol. The summed E-state index contributed by atoms with van der Waals surface area (Å²) in [6.07, 6.45) is -1.31. The molecule has 0 aliphatic rings. The zero-order valence-corrected chi connectivity index (χ0v) is 26.0. The number of amides is 1. The van der Waals surface area contributed by atoms with Gasteiger partial charge in [0.25, 0.3) is 11.5 Å². The minimum atomic E-state index is -3.88. The van der Waals surface area contributed by atoms with Crippen molar-refractivity contribution in [3.8, 4) is 11.5 Å². The fraction of sp³-hybridized carbons (Fsp3) is 0.500. The molecule has 3 aromatic rings. The van der Waals surface area contributed by atoms with E-state index in [0.29, 0.717) is 11.0 Å². The van der Waals surface area contributed by atoms with Crippen molar-refractivity contribution in [3.05, 3.63) is 33.6 Å². The Hall–Kier alpha value is -4.74. The average Bonchev–Trinajstić information content (AvgIpc) is 3.34. The Labute approximate surface area is 251 Å². The second-order valence-corrected chi connectivity index (χ2v) is 12.0. The zero-order chi connectivity index (χ0) is 32.9. The summed E-state index contributed by atoms with van der Waals surface area (Å²) in [5, 5.41) is 11.1. The van der Waals surface area contributed by atoms with Crippen molar-refractivity contribution in [2.75, 3.05) is 12.9 Å². The molecule has 3 rings (SSSR count). The molecule has 0 fully saturated rings. The van der Waals surface area contributed by atoms with Gasteiger partial charge in [0.2, 0.25) is 15.8 Å². The van der Waals surface area contributed by atoms with E-state index in [1.54, 1.807) is 23.8 Å². The second kappa shape index (κ2) is 13.7. The van der Waals surface area contributed by atoms with E-state index in [1.807, 2.05) is 13.8 Å². The highest BCUT2D eigenvalue weighted by atomic mass is 32.2. The van der Waals surface area contributed by atoms with Crippen molar-refractivity contribution in [2.45, 2.75) is 66.8 Å². The van der Waals surface area contributed by atoms with Crippen molar-refractivity contribution < 1.29 is 41.8 Å². The largest absolute Gasteiger partial charge is 0.462 e. The molecule has 0 spiro atoms. The summed E-state index contributed by atoms with van der Waals surface area (Å²) in [4.78, 5) is 66.3. The first-order chi connectivity index (χ1) is 20.5. The van der Waals surface area contributed by atoms with Crippen LogP contribution in [-0.4, -0.2) is 87.1 Å². The molecule has 18 heteroatoms. The molecule has 3 atom stereocenters. The highest BCUT2D eigenvalue weighted by Crippen LogP contribution is 2.23. The molecule has 0 aliphatic carbocycles. The molecule has 1 aromatic carbocycles. The maximum absolute atomic E-state index is 14.1. The van der Waals surface area contributed by atoms with E-state index in [0.717, 1.165) is 22.1 Å². The monoisotopic (exact) mass is 635 g/mol. The first-order valence-corrected chi connectivity index (χ1v) is 15.1. The smallest absolute Gasteiger partial charge is 0.303 e. The van der Waals surface area contributed by atoms with E-state index >= 15 is 0 Å². The van der Waals surface area contributed by atoms with Crippen LogP contribution in [0.3, 0.4) is 0 Å². The molecule has 2 heterocycles. The third kappa shape index (κ3) is 8.65. The Morgan fingerprint density at radius 3 is 2.18 bits per heavy atom. The molecule has 1 amide bonds. The van der Waals surface area contributed by atoms with Gasteiger partial charge in [0.15, 0.2) is 5.69 Å². The number of benzene rings is 1. The summed E-state index contributed by atoms with van der Waals surface area (Å²) in [7, 11) is -3.88. The van der Waals surface area contributed by atoms with Gasteiger partial charge in [-0.3, -0.25) is 28.7 Å². The quantitative estimate of drug-likeness (QED) is 0.201. The molecule has 0 saturated heterocycles. The first kappa shape index (κ1) is 33.8. The lowest BCUT2D eigenvalue weighted by molar-refractivity contribution is -0.167. The van der Waals surface area contributed by atoms with Crippen molar-refractivity contribution in [2.24, 2.45) is 5.92 Å². The normalized spacial score (nSPS) is 13.5. The summed E-state index contributed by atoms with van der Waals surface area (Å²) in [6.45, 7) is 7.59. The van der Waals surface area contributed by atoms with E-state index < -0.39 is 64.1 Å². The fourth-order valence-electron chi connectivity index (χ4n) is 4.33. The van der Waals surface area contributed by atoms with Gasteiger partial charge in [-0.2, -0.15) is 0 Å². The summed E-state index contributed by atoms with van der Waals surface area (Å²) >= 11 is 0. The Morgan fingerprint density at radius 2 is 1.59 bits per heavy atom. The topological polar surface area (TPSA) is 221 Å². The summed E-state index contributed by atoms with van der Waals surface area (Å²) in [6, 6.07) is 3.45. The molecule has 0 saturated carbocycles. The number of aromatic nitrogens is 6. The third-order valence-electron chi connectivity index (χ3n) is 6.52. The molecule has 0 unspecified atom stereocenters. The van der Waals surface area contributed by atoms with Gasteiger partial charge >= 0.3 is 17.9 Å². The molecular formula is C26H33N7O10S. The number of hydrogen-bond acceptors (Lipinski definition) is 14. The van der Waals surface area contributed by atoms with Crippen LogP contribution in [0.15, 0.2) is 16.9 Å². The minimum absolute atomic E-state index is 0.225. The van der Waals surface area contributed by atoms with Crippen molar-refractivity contribution in [1.29, 1.82) is 0 Å².